The summed E-state index contributed by atoms with van der Waals surface area (Å²) in [5.41, 5.74) is -0.929. The van der Waals surface area contributed by atoms with E-state index in [1.165, 1.54) is 20.6 Å². The minimum Gasteiger partial charge on any atom is -0.467 e. The highest BCUT2D eigenvalue weighted by Crippen LogP contribution is 2.64. The lowest BCUT2D eigenvalue weighted by Gasteiger charge is -2.27. The Morgan fingerprint density at radius 1 is 1.06 bits per heavy atom. The van der Waals surface area contributed by atoms with Crippen molar-refractivity contribution < 1.29 is 19.1 Å². The van der Waals surface area contributed by atoms with Crippen molar-refractivity contribution in [2.45, 2.75) is 44.1 Å². The number of alkyl carbamates (subject to hydrolysis) is 1. The summed E-state index contributed by atoms with van der Waals surface area (Å²) in [4.78, 5) is 23.3. The van der Waals surface area contributed by atoms with Gasteiger partial charge in [0.1, 0.15) is 5.54 Å². The Morgan fingerprint density at radius 2 is 1.71 bits per heavy atom. The minimum atomic E-state index is -0.838. The van der Waals surface area contributed by atoms with Gasteiger partial charge >= 0.3 is 12.1 Å². The molecular weight excluding hydrogens is 222 g/mol. The molecule has 1 N–H and O–H groups in total. The fourth-order valence-electron chi connectivity index (χ4n) is 3.21. The Balaban J connectivity index is 2.16. The lowest BCUT2D eigenvalue weighted by atomic mass is 9.82. The third kappa shape index (κ3) is 1.77. The Kier molecular flexibility index (Phi) is 3.02. The lowest BCUT2D eigenvalue weighted by Crippen LogP contribution is -2.48. The fourth-order valence-corrected chi connectivity index (χ4v) is 3.21. The van der Waals surface area contributed by atoms with Crippen LogP contribution < -0.4 is 5.32 Å². The second kappa shape index (κ2) is 4.20. The number of hydrogen-bond acceptors (Lipinski definition) is 4. The summed E-state index contributed by atoms with van der Waals surface area (Å²) in [5, 5.41) is 2.69. The van der Waals surface area contributed by atoms with Crippen molar-refractivity contribution in [2.24, 2.45) is 5.41 Å². The Bertz CT molecular complexity index is 335. The van der Waals surface area contributed by atoms with Crippen LogP contribution in [0, 0.1) is 5.41 Å². The summed E-state index contributed by atoms with van der Waals surface area (Å²) in [6.45, 7) is 0. The third-order valence-corrected chi connectivity index (χ3v) is 4.23. The molecule has 1 amide bonds. The first-order chi connectivity index (χ1) is 8.10. The molecule has 1 spiro atoms. The van der Waals surface area contributed by atoms with Crippen LogP contribution in [0.4, 0.5) is 4.79 Å². The van der Waals surface area contributed by atoms with Gasteiger partial charge in [0, 0.05) is 5.41 Å². The molecular formula is C12H19NO4. The summed E-state index contributed by atoms with van der Waals surface area (Å²) >= 11 is 0. The van der Waals surface area contributed by atoms with Crippen LogP contribution in [0.15, 0.2) is 0 Å². The average Bonchev–Trinajstić information content (AvgIpc) is 2.96. The first kappa shape index (κ1) is 12.2. The number of methoxy groups -OCH3 is 2. The van der Waals surface area contributed by atoms with Crippen molar-refractivity contribution >= 4 is 12.1 Å². The second-order valence-electron chi connectivity index (χ2n) is 5.03. The van der Waals surface area contributed by atoms with E-state index in [4.69, 9.17) is 4.74 Å². The van der Waals surface area contributed by atoms with Crippen LogP contribution in [0.3, 0.4) is 0 Å². The molecule has 5 heteroatoms. The summed E-state index contributed by atoms with van der Waals surface area (Å²) in [6.07, 6.45) is 5.51. The van der Waals surface area contributed by atoms with Gasteiger partial charge in [-0.1, -0.05) is 19.3 Å². The number of rotatable bonds is 2. The molecule has 0 radical (unpaired) electrons. The van der Waals surface area contributed by atoms with E-state index in [1.807, 2.05) is 0 Å². The van der Waals surface area contributed by atoms with E-state index in [2.05, 4.69) is 10.1 Å². The Labute approximate surface area is 101 Å². The van der Waals surface area contributed by atoms with E-state index in [0.717, 1.165) is 25.7 Å². The summed E-state index contributed by atoms with van der Waals surface area (Å²) in [7, 11) is 2.66. The zero-order valence-corrected chi connectivity index (χ0v) is 10.4. The Morgan fingerprint density at radius 3 is 2.24 bits per heavy atom. The summed E-state index contributed by atoms with van der Waals surface area (Å²) in [6, 6.07) is 0. The highest BCUT2D eigenvalue weighted by atomic mass is 16.5. The molecule has 5 nitrogen and oxygen atoms in total. The maximum atomic E-state index is 11.9. The van der Waals surface area contributed by atoms with Crippen molar-refractivity contribution in [3.05, 3.63) is 0 Å². The minimum absolute atomic E-state index is 0.0907. The zero-order chi connectivity index (χ0) is 12.5. The van der Waals surface area contributed by atoms with Crippen molar-refractivity contribution in [3.63, 3.8) is 0 Å². The quantitative estimate of drug-likeness (QED) is 0.746. The summed E-state index contributed by atoms with van der Waals surface area (Å²) < 4.78 is 9.44. The zero-order valence-electron chi connectivity index (χ0n) is 10.4. The predicted octanol–water partition coefficient (Wildman–Crippen LogP) is 1.61. The fraction of sp³-hybridized carbons (Fsp3) is 0.833. The second-order valence-corrected chi connectivity index (χ2v) is 5.03. The average molecular weight is 241 g/mol. The van der Waals surface area contributed by atoms with Crippen LogP contribution >= 0.6 is 0 Å². The molecule has 2 aliphatic carbocycles. The Hall–Kier alpha value is -1.26. The van der Waals surface area contributed by atoms with Crippen LogP contribution in [0.5, 0.6) is 0 Å². The number of amides is 1. The van der Waals surface area contributed by atoms with Gasteiger partial charge in [-0.05, 0) is 19.3 Å². The highest BCUT2D eigenvalue weighted by Gasteiger charge is 2.73. The SMILES string of the molecule is COC(=O)NC1(C(=O)OC)CC12CCCCC2. The van der Waals surface area contributed by atoms with E-state index < -0.39 is 11.6 Å². The normalized spacial score (nSPS) is 29.5. The molecule has 1 unspecified atom stereocenters. The van der Waals surface area contributed by atoms with E-state index in [9.17, 15) is 9.59 Å². The number of carbonyl (C=O) groups is 2. The van der Waals surface area contributed by atoms with Crippen LogP contribution in [0.25, 0.3) is 0 Å². The number of nitrogens with one attached hydrogen (secondary N) is 1. The molecule has 96 valence electrons. The molecule has 2 fully saturated rings. The molecule has 2 aliphatic rings. The predicted molar refractivity (Wildman–Crippen MR) is 60.4 cm³/mol. The molecule has 17 heavy (non-hydrogen) atoms. The molecule has 0 aromatic heterocycles. The van der Waals surface area contributed by atoms with Crippen LogP contribution in [0.1, 0.15) is 38.5 Å². The van der Waals surface area contributed by atoms with Gasteiger partial charge in [0.25, 0.3) is 0 Å². The topological polar surface area (TPSA) is 64.6 Å². The van der Waals surface area contributed by atoms with Gasteiger partial charge in [-0.15, -0.1) is 0 Å². The van der Waals surface area contributed by atoms with Gasteiger partial charge < -0.3 is 14.8 Å². The van der Waals surface area contributed by atoms with E-state index in [-0.39, 0.29) is 11.4 Å². The number of esters is 1. The maximum absolute atomic E-state index is 11.9. The van der Waals surface area contributed by atoms with Crippen molar-refractivity contribution in [3.8, 4) is 0 Å². The largest absolute Gasteiger partial charge is 0.467 e. The van der Waals surface area contributed by atoms with Crippen molar-refractivity contribution in [1.29, 1.82) is 0 Å². The van der Waals surface area contributed by atoms with Gasteiger partial charge in [-0.2, -0.15) is 0 Å². The third-order valence-electron chi connectivity index (χ3n) is 4.23. The van der Waals surface area contributed by atoms with Crippen molar-refractivity contribution in [2.75, 3.05) is 14.2 Å². The highest BCUT2D eigenvalue weighted by molar-refractivity contribution is 5.90. The molecule has 0 heterocycles. The van der Waals surface area contributed by atoms with E-state index >= 15 is 0 Å². The number of hydrogen-bond donors (Lipinski definition) is 1. The molecule has 0 bridgehead atoms. The van der Waals surface area contributed by atoms with Crippen LogP contribution in [-0.2, 0) is 14.3 Å². The molecule has 0 aliphatic heterocycles. The molecule has 2 rings (SSSR count). The molecule has 0 aromatic carbocycles. The maximum Gasteiger partial charge on any atom is 0.407 e. The van der Waals surface area contributed by atoms with Gasteiger partial charge in [0.15, 0.2) is 0 Å². The van der Waals surface area contributed by atoms with E-state index in [0.29, 0.717) is 6.42 Å². The molecule has 2 saturated carbocycles. The molecule has 1 atom stereocenters. The summed E-state index contributed by atoms with van der Waals surface area (Å²) in [5.74, 6) is -0.343. The van der Waals surface area contributed by atoms with Crippen LogP contribution in [0.2, 0.25) is 0 Å². The molecule has 0 aromatic rings. The number of carbonyl (C=O) groups excluding carboxylic acids is 2. The van der Waals surface area contributed by atoms with Crippen LogP contribution in [-0.4, -0.2) is 31.8 Å². The van der Waals surface area contributed by atoms with E-state index in [1.54, 1.807) is 0 Å². The van der Waals surface area contributed by atoms with Gasteiger partial charge in [-0.3, -0.25) is 0 Å². The standard InChI is InChI=1S/C12H19NO4/c1-16-9(14)12(13-10(15)17-2)8-11(12)6-4-3-5-7-11/h3-8H2,1-2H3,(H,13,15). The number of ether oxygens (including phenoxy) is 2. The van der Waals surface area contributed by atoms with Gasteiger partial charge in [-0.25, -0.2) is 9.59 Å². The first-order valence-electron chi connectivity index (χ1n) is 6.05. The molecule has 0 saturated heterocycles. The lowest BCUT2D eigenvalue weighted by molar-refractivity contribution is -0.145. The first-order valence-corrected chi connectivity index (χ1v) is 6.05. The smallest absolute Gasteiger partial charge is 0.407 e. The van der Waals surface area contributed by atoms with Gasteiger partial charge in [0.2, 0.25) is 0 Å². The monoisotopic (exact) mass is 241 g/mol. The van der Waals surface area contributed by atoms with Crippen molar-refractivity contribution in [1.82, 2.24) is 5.32 Å². The van der Waals surface area contributed by atoms with Gasteiger partial charge in [0.05, 0.1) is 14.2 Å².